The normalized spacial score (nSPS) is 12.6. The van der Waals surface area contributed by atoms with Gasteiger partial charge in [-0.15, -0.1) is 0 Å². The van der Waals surface area contributed by atoms with E-state index in [1.807, 2.05) is 12.1 Å². The van der Waals surface area contributed by atoms with Crippen LogP contribution in [0.3, 0.4) is 0 Å². The van der Waals surface area contributed by atoms with Crippen molar-refractivity contribution >= 4 is 49.8 Å². The first kappa shape index (κ1) is 38.7. The van der Waals surface area contributed by atoms with Gasteiger partial charge in [0.1, 0.15) is 11.2 Å². The average Bonchev–Trinajstić information content (AvgIpc) is 3.94. The molecule has 1 aliphatic carbocycles. The van der Waals surface area contributed by atoms with Gasteiger partial charge in [0.2, 0.25) is 0 Å². The van der Waals surface area contributed by atoms with Crippen LogP contribution in [0.5, 0.6) is 0 Å². The second-order valence-electron chi connectivity index (χ2n) is 17.5. The Labute approximate surface area is 390 Å². The van der Waals surface area contributed by atoms with E-state index < -0.39 is 5.41 Å². The highest BCUT2D eigenvalue weighted by Crippen LogP contribution is 2.59. The summed E-state index contributed by atoms with van der Waals surface area (Å²) in [6, 6.07) is 95.0. The summed E-state index contributed by atoms with van der Waals surface area (Å²) in [6.07, 6.45) is 0. The monoisotopic (exact) mass is 853 g/mol. The van der Waals surface area contributed by atoms with Crippen molar-refractivity contribution in [1.29, 1.82) is 0 Å². The summed E-state index contributed by atoms with van der Waals surface area (Å²) in [5.41, 5.74) is 19.0. The van der Waals surface area contributed by atoms with Gasteiger partial charge < -0.3 is 9.32 Å². The minimum Gasteiger partial charge on any atom is -0.455 e. The molecule has 67 heavy (non-hydrogen) atoms. The average molecular weight is 854 g/mol. The van der Waals surface area contributed by atoms with Crippen molar-refractivity contribution in [2.75, 3.05) is 4.90 Å². The molecule has 2 nitrogen and oxygen atoms in total. The van der Waals surface area contributed by atoms with Crippen LogP contribution in [0.15, 0.2) is 265 Å². The maximum atomic E-state index is 6.52. The Morgan fingerprint density at radius 2 is 0.866 bits per heavy atom. The number of furan rings is 1. The Bertz CT molecular complexity index is 3750. The summed E-state index contributed by atoms with van der Waals surface area (Å²) in [6.45, 7) is 0. The molecule has 11 aromatic carbocycles. The molecule has 13 rings (SSSR count). The number of hydrogen-bond acceptors (Lipinski definition) is 2. The van der Waals surface area contributed by atoms with E-state index in [0.717, 1.165) is 55.7 Å². The lowest BCUT2D eigenvalue weighted by molar-refractivity contribution is 0.670. The Kier molecular flexibility index (Phi) is 9.11. The van der Waals surface area contributed by atoms with Crippen molar-refractivity contribution in [3.05, 3.63) is 283 Å². The van der Waals surface area contributed by atoms with Crippen LogP contribution in [0.1, 0.15) is 22.3 Å². The lowest BCUT2D eigenvalue weighted by Gasteiger charge is -2.34. The maximum absolute atomic E-state index is 6.52. The van der Waals surface area contributed by atoms with E-state index in [2.05, 4.69) is 254 Å². The largest absolute Gasteiger partial charge is 0.455 e. The third-order valence-corrected chi connectivity index (χ3v) is 14.0. The Morgan fingerprint density at radius 3 is 1.64 bits per heavy atom. The van der Waals surface area contributed by atoms with Crippen LogP contribution in [0.25, 0.3) is 77.2 Å². The summed E-state index contributed by atoms with van der Waals surface area (Å²) < 4.78 is 6.52. The first-order valence-corrected chi connectivity index (χ1v) is 23.1. The van der Waals surface area contributed by atoms with Gasteiger partial charge >= 0.3 is 0 Å². The zero-order valence-electron chi connectivity index (χ0n) is 36.7. The third kappa shape index (κ3) is 6.18. The van der Waals surface area contributed by atoms with Crippen LogP contribution < -0.4 is 4.90 Å². The topological polar surface area (TPSA) is 16.4 Å². The van der Waals surface area contributed by atoms with Crippen LogP contribution in [0, 0.1) is 0 Å². The summed E-state index contributed by atoms with van der Waals surface area (Å²) in [5, 5.41) is 4.76. The molecule has 0 N–H and O–H groups in total. The van der Waals surface area contributed by atoms with Crippen molar-refractivity contribution in [2.24, 2.45) is 0 Å². The van der Waals surface area contributed by atoms with Gasteiger partial charge in [0.05, 0.1) is 11.1 Å². The molecular weight excluding hydrogens is 811 g/mol. The van der Waals surface area contributed by atoms with E-state index in [4.69, 9.17) is 4.42 Å². The fourth-order valence-corrected chi connectivity index (χ4v) is 11.0. The zero-order chi connectivity index (χ0) is 44.3. The van der Waals surface area contributed by atoms with Crippen LogP contribution >= 0.6 is 0 Å². The minimum atomic E-state index is -0.524. The predicted molar refractivity (Wildman–Crippen MR) is 280 cm³/mol. The van der Waals surface area contributed by atoms with Crippen LogP contribution in [0.2, 0.25) is 0 Å². The van der Waals surface area contributed by atoms with Gasteiger partial charge in [0, 0.05) is 33.3 Å². The molecule has 0 atom stereocenters. The Balaban J connectivity index is 0.987. The van der Waals surface area contributed by atoms with Gasteiger partial charge in [-0.1, -0.05) is 218 Å². The molecule has 0 amide bonds. The fourth-order valence-electron chi connectivity index (χ4n) is 11.0. The number of rotatable bonds is 8. The van der Waals surface area contributed by atoms with Gasteiger partial charge in [0.15, 0.2) is 0 Å². The molecule has 0 fully saturated rings. The minimum absolute atomic E-state index is 0.524. The molecule has 0 unspecified atom stereocenters. The molecular formula is C65H43NO. The van der Waals surface area contributed by atoms with Gasteiger partial charge in [-0.2, -0.15) is 0 Å². The molecule has 12 aromatic rings. The van der Waals surface area contributed by atoms with Crippen LogP contribution in [-0.2, 0) is 5.41 Å². The lowest BCUT2D eigenvalue weighted by Crippen LogP contribution is -2.28. The second-order valence-corrected chi connectivity index (χ2v) is 17.5. The Morgan fingerprint density at radius 1 is 0.328 bits per heavy atom. The lowest BCUT2D eigenvalue weighted by atomic mass is 9.68. The molecule has 0 radical (unpaired) electrons. The second kappa shape index (κ2) is 15.8. The summed E-state index contributed by atoms with van der Waals surface area (Å²) >= 11 is 0. The molecule has 1 aliphatic rings. The van der Waals surface area contributed by atoms with Crippen molar-refractivity contribution < 1.29 is 4.42 Å². The number of hydrogen-bond donors (Lipinski definition) is 0. The molecule has 1 aromatic heterocycles. The fraction of sp³-hybridized carbons (Fsp3) is 0.0154. The molecule has 0 saturated heterocycles. The third-order valence-electron chi connectivity index (χ3n) is 14.0. The van der Waals surface area contributed by atoms with E-state index in [1.165, 1.54) is 60.8 Å². The quantitative estimate of drug-likeness (QED) is 0.151. The molecule has 0 aliphatic heterocycles. The Hall–Kier alpha value is -8.72. The number of benzene rings is 11. The summed E-state index contributed by atoms with van der Waals surface area (Å²) in [5.74, 6) is 0. The van der Waals surface area contributed by atoms with E-state index in [0.29, 0.717) is 0 Å². The maximum Gasteiger partial charge on any atom is 0.143 e. The summed E-state index contributed by atoms with van der Waals surface area (Å²) in [7, 11) is 0. The molecule has 314 valence electrons. The smallest absolute Gasteiger partial charge is 0.143 e. The first-order chi connectivity index (χ1) is 33.2. The molecule has 0 saturated carbocycles. The van der Waals surface area contributed by atoms with E-state index in [-0.39, 0.29) is 0 Å². The van der Waals surface area contributed by atoms with Crippen LogP contribution in [-0.4, -0.2) is 0 Å². The van der Waals surface area contributed by atoms with Crippen molar-refractivity contribution in [1.82, 2.24) is 0 Å². The van der Waals surface area contributed by atoms with E-state index >= 15 is 0 Å². The van der Waals surface area contributed by atoms with E-state index in [1.54, 1.807) is 0 Å². The number of anilines is 3. The molecule has 1 heterocycles. The highest BCUT2D eigenvalue weighted by atomic mass is 16.3. The molecule has 0 spiro atoms. The zero-order valence-corrected chi connectivity index (χ0v) is 36.7. The number of fused-ring (bicyclic) bond motifs is 7. The van der Waals surface area contributed by atoms with Gasteiger partial charge in [-0.25, -0.2) is 0 Å². The SMILES string of the molecule is c1ccc(C2(c3ccccc3)c3ccccc3-c3c(N(c4ccc(-c5cccc(-c6cccc7ccccc67)c5)cc4)c4ccc(-c5cccc6c5oc5ccccc56)cc4)cccc32)cc1. The highest BCUT2D eigenvalue weighted by Gasteiger charge is 2.47. The van der Waals surface area contributed by atoms with Gasteiger partial charge in [0.25, 0.3) is 0 Å². The molecule has 2 heteroatoms. The van der Waals surface area contributed by atoms with Gasteiger partial charge in [-0.05, 0) is 109 Å². The standard InChI is InChI=1S/C65H43NO/c1-3-21-49(22-4-1)65(50-23-5-2-6-24-50)59-31-11-9-27-58(59)63-60(65)32-16-33-61(63)66(52-41-37-46(38-42-52)55-29-15-30-57-56-26-10-12-34-62(56)67-64(55)57)51-39-35-44(36-40-51)47-19-13-20-48(43-47)54-28-14-18-45-17-7-8-25-53(45)54/h1-43H. The first-order valence-electron chi connectivity index (χ1n) is 23.1. The highest BCUT2D eigenvalue weighted by molar-refractivity contribution is 6.09. The van der Waals surface area contributed by atoms with Gasteiger partial charge in [-0.3, -0.25) is 0 Å². The van der Waals surface area contributed by atoms with Crippen molar-refractivity contribution in [3.8, 4) is 44.5 Å². The van der Waals surface area contributed by atoms with Crippen molar-refractivity contribution in [3.63, 3.8) is 0 Å². The molecule has 0 bridgehead atoms. The number of nitrogens with zero attached hydrogens (tertiary/aromatic N) is 1. The van der Waals surface area contributed by atoms with E-state index in [9.17, 15) is 0 Å². The van der Waals surface area contributed by atoms with Crippen molar-refractivity contribution in [2.45, 2.75) is 5.41 Å². The summed E-state index contributed by atoms with van der Waals surface area (Å²) in [4.78, 5) is 2.45. The van der Waals surface area contributed by atoms with Crippen LogP contribution in [0.4, 0.5) is 17.1 Å². The number of para-hydroxylation sites is 2. The predicted octanol–water partition coefficient (Wildman–Crippen LogP) is 17.6.